The van der Waals surface area contributed by atoms with Gasteiger partial charge in [-0.05, 0) is 41.7 Å². The summed E-state index contributed by atoms with van der Waals surface area (Å²) in [5.41, 5.74) is 2.54. The van der Waals surface area contributed by atoms with E-state index in [9.17, 15) is 12.8 Å². The van der Waals surface area contributed by atoms with Gasteiger partial charge in [0, 0.05) is 6.04 Å². The maximum atomic E-state index is 13.2. The van der Waals surface area contributed by atoms with E-state index in [-0.39, 0.29) is 11.8 Å². The van der Waals surface area contributed by atoms with Crippen LogP contribution in [-0.2, 0) is 15.8 Å². The van der Waals surface area contributed by atoms with Gasteiger partial charge in [0.25, 0.3) is 0 Å². The molecule has 0 aliphatic heterocycles. The number of rotatable bonds is 6. The second kappa shape index (κ2) is 7.23. The fourth-order valence-electron chi connectivity index (χ4n) is 2.39. The average molecular weight is 335 g/mol. The quantitative estimate of drug-likeness (QED) is 0.863. The summed E-state index contributed by atoms with van der Waals surface area (Å²) in [4.78, 5) is 0. The largest absolute Gasteiger partial charge is 0.216 e. The molecule has 3 nitrogen and oxygen atoms in total. The first-order chi connectivity index (χ1) is 10.8. The number of hydrogen-bond donors (Lipinski definition) is 1. The van der Waals surface area contributed by atoms with Crippen LogP contribution in [0.3, 0.4) is 0 Å². The lowest BCUT2D eigenvalue weighted by Gasteiger charge is -2.16. The van der Waals surface area contributed by atoms with E-state index in [0.29, 0.717) is 11.5 Å². The van der Waals surface area contributed by atoms with E-state index in [0.717, 1.165) is 5.56 Å². The van der Waals surface area contributed by atoms with Gasteiger partial charge in [-0.3, -0.25) is 0 Å². The third-order valence-electron chi connectivity index (χ3n) is 3.71. The van der Waals surface area contributed by atoms with Gasteiger partial charge in [0.05, 0.1) is 5.75 Å². The molecule has 124 valence electrons. The fraction of sp³-hybridized carbons (Fsp3) is 0.333. The van der Waals surface area contributed by atoms with Crippen molar-refractivity contribution >= 4 is 10.0 Å². The fourth-order valence-corrected chi connectivity index (χ4v) is 3.77. The van der Waals surface area contributed by atoms with Crippen molar-refractivity contribution in [1.82, 2.24) is 4.72 Å². The molecular formula is C18H22FNO2S. The molecule has 0 spiro atoms. The van der Waals surface area contributed by atoms with E-state index < -0.39 is 15.8 Å². The molecule has 2 aromatic carbocycles. The molecule has 0 amide bonds. The third kappa shape index (κ3) is 5.15. The summed E-state index contributed by atoms with van der Waals surface area (Å²) in [6.07, 6.45) is 0. The van der Waals surface area contributed by atoms with E-state index in [2.05, 4.69) is 18.6 Å². The molecule has 0 bridgehead atoms. The van der Waals surface area contributed by atoms with Gasteiger partial charge in [0.2, 0.25) is 10.0 Å². The Bertz CT molecular complexity index is 755. The Morgan fingerprint density at radius 1 is 1.00 bits per heavy atom. The second-order valence-corrected chi connectivity index (χ2v) is 7.80. The number of sulfonamides is 1. The Morgan fingerprint density at radius 3 is 2.17 bits per heavy atom. The van der Waals surface area contributed by atoms with Crippen LogP contribution in [0.4, 0.5) is 4.39 Å². The Balaban J connectivity index is 2.07. The van der Waals surface area contributed by atoms with Gasteiger partial charge >= 0.3 is 0 Å². The zero-order valence-corrected chi connectivity index (χ0v) is 14.4. The molecule has 5 heteroatoms. The molecular weight excluding hydrogens is 313 g/mol. The zero-order valence-electron chi connectivity index (χ0n) is 13.6. The molecule has 0 aliphatic rings. The van der Waals surface area contributed by atoms with Gasteiger partial charge in [0.15, 0.2) is 0 Å². The highest BCUT2D eigenvalue weighted by Gasteiger charge is 2.17. The van der Waals surface area contributed by atoms with Crippen molar-refractivity contribution in [3.8, 4) is 0 Å². The zero-order chi connectivity index (χ0) is 17.0. The summed E-state index contributed by atoms with van der Waals surface area (Å²) in [5.74, 6) is -0.238. The maximum absolute atomic E-state index is 13.2. The molecule has 1 unspecified atom stereocenters. The predicted octanol–water partition coefficient (Wildman–Crippen LogP) is 4.13. The van der Waals surface area contributed by atoms with Crippen LogP contribution in [0, 0.1) is 5.82 Å². The van der Waals surface area contributed by atoms with Crippen molar-refractivity contribution in [1.29, 1.82) is 0 Å². The van der Waals surface area contributed by atoms with Crippen molar-refractivity contribution in [2.75, 3.05) is 0 Å². The SMILES string of the molecule is CC(C)c1ccc(C(C)NS(=O)(=O)Cc2cccc(F)c2)cc1. The van der Waals surface area contributed by atoms with Crippen LogP contribution in [0.2, 0.25) is 0 Å². The van der Waals surface area contributed by atoms with Crippen LogP contribution < -0.4 is 4.72 Å². The molecule has 2 aromatic rings. The molecule has 0 saturated heterocycles. The highest BCUT2D eigenvalue weighted by atomic mass is 32.2. The van der Waals surface area contributed by atoms with E-state index in [1.807, 2.05) is 24.3 Å². The van der Waals surface area contributed by atoms with Gasteiger partial charge in [-0.2, -0.15) is 0 Å². The Morgan fingerprint density at radius 2 is 1.61 bits per heavy atom. The minimum atomic E-state index is -3.54. The number of benzene rings is 2. The van der Waals surface area contributed by atoms with E-state index in [4.69, 9.17) is 0 Å². The number of nitrogens with one attached hydrogen (secondary N) is 1. The highest BCUT2D eigenvalue weighted by molar-refractivity contribution is 7.88. The molecule has 0 saturated carbocycles. The lowest BCUT2D eigenvalue weighted by molar-refractivity contribution is 0.565. The first kappa shape index (κ1) is 17.6. The van der Waals surface area contributed by atoms with Gasteiger partial charge in [0.1, 0.15) is 5.82 Å². The summed E-state index contributed by atoms with van der Waals surface area (Å²) in [6, 6.07) is 13.2. The standard InChI is InChI=1S/C18H22FNO2S/c1-13(2)16-7-9-17(10-8-16)14(3)20-23(21,22)12-15-5-4-6-18(19)11-15/h4-11,13-14,20H,12H2,1-3H3. The smallest absolute Gasteiger partial charge is 0.212 e. The lowest BCUT2D eigenvalue weighted by atomic mass is 10.00. The molecule has 0 fully saturated rings. The molecule has 0 aliphatic carbocycles. The summed E-state index contributed by atoms with van der Waals surface area (Å²) in [6.45, 7) is 6.02. The highest BCUT2D eigenvalue weighted by Crippen LogP contribution is 2.19. The van der Waals surface area contributed by atoms with Crippen LogP contribution in [0.5, 0.6) is 0 Å². The van der Waals surface area contributed by atoms with Crippen LogP contribution in [-0.4, -0.2) is 8.42 Å². The monoisotopic (exact) mass is 335 g/mol. The molecule has 2 rings (SSSR count). The molecule has 1 atom stereocenters. The third-order valence-corrected chi connectivity index (χ3v) is 5.13. The minimum Gasteiger partial charge on any atom is -0.212 e. The Labute approximate surface area is 137 Å². The molecule has 23 heavy (non-hydrogen) atoms. The molecule has 0 aromatic heterocycles. The first-order valence-corrected chi connectivity index (χ1v) is 9.26. The molecule has 1 N–H and O–H groups in total. The normalized spacial score (nSPS) is 13.3. The van der Waals surface area contributed by atoms with Crippen molar-refractivity contribution < 1.29 is 12.8 Å². The van der Waals surface area contributed by atoms with Crippen molar-refractivity contribution in [3.05, 3.63) is 71.0 Å². The first-order valence-electron chi connectivity index (χ1n) is 7.61. The van der Waals surface area contributed by atoms with Gasteiger partial charge in [-0.25, -0.2) is 17.5 Å². The predicted molar refractivity (Wildman–Crippen MR) is 91.1 cm³/mol. The lowest BCUT2D eigenvalue weighted by Crippen LogP contribution is -2.28. The summed E-state index contributed by atoms with van der Waals surface area (Å²) in [5, 5.41) is 0. The molecule has 0 heterocycles. The van der Waals surface area contributed by atoms with E-state index in [1.54, 1.807) is 13.0 Å². The van der Waals surface area contributed by atoms with Crippen molar-refractivity contribution in [2.24, 2.45) is 0 Å². The minimum absolute atomic E-state index is 0.237. The van der Waals surface area contributed by atoms with Crippen LogP contribution in [0.15, 0.2) is 48.5 Å². The van der Waals surface area contributed by atoms with Crippen LogP contribution in [0.25, 0.3) is 0 Å². The van der Waals surface area contributed by atoms with E-state index in [1.165, 1.54) is 23.8 Å². The van der Waals surface area contributed by atoms with Gasteiger partial charge in [-0.1, -0.05) is 50.2 Å². The molecule has 0 radical (unpaired) electrons. The topological polar surface area (TPSA) is 46.2 Å². The Kier molecular flexibility index (Phi) is 5.55. The maximum Gasteiger partial charge on any atom is 0.216 e. The van der Waals surface area contributed by atoms with Crippen LogP contribution in [0.1, 0.15) is 49.4 Å². The second-order valence-electron chi connectivity index (χ2n) is 6.05. The summed E-state index contributed by atoms with van der Waals surface area (Å²) in [7, 11) is -3.54. The van der Waals surface area contributed by atoms with Crippen molar-refractivity contribution in [2.45, 2.75) is 38.5 Å². The van der Waals surface area contributed by atoms with Crippen molar-refractivity contribution in [3.63, 3.8) is 0 Å². The Hall–Kier alpha value is -1.72. The van der Waals surface area contributed by atoms with E-state index >= 15 is 0 Å². The number of halogens is 1. The summed E-state index contributed by atoms with van der Waals surface area (Å²) < 4.78 is 40.3. The number of hydrogen-bond acceptors (Lipinski definition) is 2. The van der Waals surface area contributed by atoms with Gasteiger partial charge in [-0.15, -0.1) is 0 Å². The van der Waals surface area contributed by atoms with Crippen LogP contribution >= 0.6 is 0 Å². The van der Waals surface area contributed by atoms with Gasteiger partial charge < -0.3 is 0 Å². The summed E-state index contributed by atoms with van der Waals surface area (Å²) >= 11 is 0. The average Bonchev–Trinajstić information content (AvgIpc) is 2.46.